The van der Waals surface area contributed by atoms with E-state index in [1.54, 1.807) is 7.11 Å². The molecule has 0 radical (unpaired) electrons. The standard InChI is InChI=1S/C9H15NO2/c1-3-4-5-6-9(11)10-7-8-12-2/h1H,4-8H2,2H3,(H,10,11). The van der Waals surface area contributed by atoms with Gasteiger partial charge in [-0.15, -0.1) is 12.3 Å². The highest BCUT2D eigenvalue weighted by Gasteiger charge is 1.97. The summed E-state index contributed by atoms with van der Waals surface area (Å²) >= 11 is 0. The molecule has 0 aliphatic carbocycles. The van der Waals surface area contributed by atoms with Crippen molar-refractivity contribution in [1.82, 2.24) is 5.32 Å². The molecular weight excluding hydrogens is 154 g/mol. The molecule has 0 fully saturated rings. The first-order valence-electron chi connectivity index (χ1n) is 4.00. The van der Waals surface area contributed by atoms with Gasteiger partial charge in [-0.3, -0.25) is 4.79 Å². The maximum absolute atomic E-state index is 11.0. The van der Waals surface area contributed by atoms with E-state index in [1.165, 1.54) is 0 Å². The number of unbranched alkanes of at least 4 members (excludes halogenated alkanes) is 1. The number of rotatable bonds is 6. The van der Waals surface area contributed by atoms with Crippen LogP contribution in [-0.2, 0) is 9.53 Å². The van der Waals surface area contributed by atoms with Crippen LogP contribution in [0.3, 0.4) is 0 Å². The lowest BCUT2D eigenvalue weighted by atomic mass is 10.2. The van der Waals surface area contributed by atoms with Gasteiger partial charge >= 0.3 is 0 Å². The molecule has 68 valence electrons. The van der Waals surface area contributed by atoms with E-state index in [9.17, 15) is 4.79 Å². The van der Waals surface area contributed by atoms with Crippen molar-refractivity contribution in [2.45, 2.75) is 19.3 Å². The van der Waals surface area contributed by atoms with Gasteiger partial charge in [-0.1, -0.05) is 0 Å². The molecule has 3 nitrogen and oxygen atoms in total. The molecule has 0 atom stereocenters. The van der Waals surface area contributed by atoms with Crippen molar-refractivity contribution in [3.05, 3.63) is 0 Å². The summed E-state index contributed by atoms with van der Waals surface area (Å²) in [6.45, 7) is 1.13. The molecule has 0 aromatic heterocycles. The lowest BCUT2D eigenvalue weighted by molar-refractivity contribution is -0.121. The normalized spacial score (nSPS) is 9.00. The first-order valence-corrected chi connectivity index (χ1v) is 4.00. The van der Waals surface area contributed by atoms with Crippen LogP contribution in [0.5, 0.6) is 0 Å². The minimum absolute atomic E-state index is 0.0438. The number of carbonyl (C=O) groups is 1. The van der Waals surface area contributed by atoms with Crippen LogP contribution in [0, 0.1) is 12.3 Å². The van der Waals surface area contributed by atoms with Gasteiger partial charge in [-0.05, 0) is 6.42 Å². The largest absolute Gasteiger partial charge is 0.383 e. The highest BCUT2D eigenvalue weighted by atomic mass is 16.5. The molecule has 0 aromatic carbocycles. The third-order valence-corrected chi connectivity index (χ3v) is 1.35. The Bertz CT molecular complexity index is 160. The first-order chi connectivity index (χ1) is 5.81. The Balaban J connectivity index is 3.17. The Morgan fingerprint density at radius 3 is 3.00 bits per heavy atom. The van der Waals surface area contributed by atoms with Crippen LogP contribution in [-0.4, -0.2) is 26.2 Å². The van der Waals surface area contributed by atoms with E-state index < -0.39 is 0 Å². The van der Waals surface area contributed by atoms with Crippen LogP contribution >= 0.6 is 0 Å². The molecule has 0 aliphatic heterocycles. The summed E-state index contributed by atoms with van der Waals surface area (Å²) < 4.78 is 4.77. The molecule has 3 heteroatoms. The van der Waals surface area contributed by atoms with Gasteiger partial charge in [0.05, 0.1) is 6.61 Å². The number of methoxy groups -OCH3 is 1. The highest BCUT2D eigenvalue weighted by molar-refractivity contribution is 5.75. The predicted molar refractivity (Wildman–Crippen MR) is 47.6 cm³/mol. The zero-order valence-electron chi connectivity index (χ0n) is 7.43. The number of carbonyl (C=O) groups excluding carboxylic acids is 1. The van der Waals surface area contributed by atoms with Gasteiger partial charge in [0.15, 0.2) is 0 Å². The zero-order chi connectivity index (χ0) is 9.23. The van der Waals surface area contributed by atoms with Gasteiger partial charge in [0.1, 0.15) is 0 Å². The molecule has 0 aromatic rings. The van der Waals surface area contributed by atoms with Gasteiger partial charge in [-0.2, -0.15) is 0 Å². The SMILES string of the molecule is C#CCCCC(=O)NCCOC. The van der Waals surface area contributed by atoms with Gasteiger partial charge in [0, 0.05) is 26.5 Å². The van der Waals surface area contributed by atoms with E-state index in [4.69, 9.17) is 11.2 Å². The second-order valence-electron chi connectivity index (χ2n) is 2.40. The topological polar surface area (TPSA) is 38.3 Å². The summed E-state index contributed by atoms with van der Waals surface area (Å²) in [5, 5.41) is 2.71. The van der Waals surface area contributed by atoms with Crippen LogP contribution in [0.4, 0.5) is 0 Å². The van der Waals surface area contributed by atoms with E-state index in [0.29, 0.717) is 26.0 Å². The van der Waals surface area contributed by atoms with Gasteiger partial charge < -0.3 is 10.1 Å². The molecule has 0 unspecified atom stereocenters. The molecule has 1 N–H and O–H groups in total. The van der Waals surface area contributed by atoms with E-state index >= 15 is 0 Å². The molecule has 0 saturated heterocycles. The number of hydrogen-bond donors (Lipinski definition) is 1. The quantitative estimate of drug-likeness (QED) is 0.466. The molecule has 0 aliphatic rings. The third-order valence-electron chi connectivity index (χ3n) is 1.35. The second-order valence-corrected chi connectivity index (χ2v) is 2.40. The van der Waals surface area contributed by atoms with Crippen LogP contribution in [0.2, 0.25) is 0 Å². The summed E-state index contributed by atoms with van der Waals surface area (Å²) in [5.41, 5.74) is 0. The monoisotopic (exact) mass is 169 g/mol. The molecule has 0 saturated carbocycles. The van der Waals surface area contributed by atoms with Crippen molar-refractivity contribution in [2.75, 3.05) is 20.3 Å². The van der Waals surface area contributed by atoms with Crippen molar-refractivity contribution < 1.29 is 9.53 Å². The highest BCUT2D eigenvalue weighted by Crippen LogP contribution is 1.92. The van der Waals surface area contributed by atoms with Gasteiger partial charge in [0.25, 0.3) is 0 Å². The second kappa shape index (κ2) is 8.09. The third kappa shape index (κ3) is 7.10. The van der Waals surface area contributed by atoms with Crippen molar-refractivity contribution in [1.29, 1.82) is 0 Å². The minimum Gasteiger partial charge on any atom is -0.383 e. The average Bonchev–Trinajstić information content (AvgIpc) is 2.06. The van der Waals surface area contributed by atoms with Gasteiger partial charge in [0.2, 0.25) is 5.91 Å². The Morgan fingerprint density at radius 2 is 2.42 bits per heavy atom. The predicted octanol–water partition coefficient (Wildman–Crippen LogP) is 0.552. The number of hydrogen-bond acceptors (Lipinski definition) is 2. The van der Waals surface area contributed by atoms with Crippen LogP contribution < -0.4 is 5.32 Å². The van der Waals surface area contributed by atoms with E-state index in [0.717, 1.165) is 6.42 Å². The Labute approximate surface area is 73.5 Å². The summed E-state index contributed by atoms with van der Waals surface area (Å²) in [5.74, 6) is 2.53. The van der Waals surface area contributed by atoms with E-state index in [2.05, 4.69) is 11.2 Å². The van der Waals surface area contributed by atoms with Crippen molar-refractivity contribution in [3.63, 3.8) is 0 Å². The van der Waals surface area contributed by atoms with Crippen molar-refractivity contribution in [3.8, 4) is 12.3 Å². The molecule has 0 bridgehead atoms. The fraction of sp³-hybridized carbons (Fsp3) is 0.667. The fourth-order valence-electron chi connectivity index (χ4n) is 0.732. The molecule has 0 rings (SSSR count). The molecule has 1 amide bonds. The summed E-state index contributed by atoms with van der Waals surface area (Å²) in [4.78, 5) is 11.0. The maximum atomic E-state index is 11.0. The molecular formula is C9H15NO2. The number of nitrogens with one attached hydrogen (secondary N) is 1. The van der Waals surface area contributed by atoms with Crippen LogP contribution in [0.15, 0.2) is 0 Å². The van der Waals surface area contributed by atoms with Crippen molar-refractivity contribution in [2.24, 2.45) is 0 Å². The lowest BCUT2D eigenvalue weighted by Gasteiger charge is -2.02. The summed E-state index contributed by atoms with van der Waals surface area (Å²) in [6, 6.07) is 0. The molecule has 0 heterocycles. The van der Waals surface area contributed by atoms with E-state index in [1.807, 2.05) is 0 Å². The maximum Gasteiger partial charge on any atom is 0.220 e. The Kier molecular flexibility index (Phi) is 7.41. The molecule has 12 heavy (non-hydrogen) atoms. The first kappa shape index (κ1) is 11.0. The number of amides is 1. The van der Waals surface area contributed by atoms with E-state index in [-0.39, 0.29) is 5.91 Å². The van der Waals surface area contributed by atoms with Crippen LogP contribution in [0.1, 0.15) is 19.3 Å². The van der Waals surface area contributed by atoms with Crippen molar-refractivity contribution >= 4 is 5.91 Å². The van der Waals surface area contributed by atoms with Gasteiger partial charge in [-0.25, -0.2) is 0 Å². The average molecular weight is 169 g/mol. The number of ether oxygens (including phenoxy) is 1. The zero-order valence-corrected chi connectivity index (χ0v) is 7.43. The molecule has 0 spiro atoms. The minimum atomic E-state index is 0.0438. The Morgan fingerprint density at radius 1 is 1.67 bits per heavy atom. The smallest absolute Gasteiger partial charge is 0.220 e. The Hall–Kier alpha value is -1.01. The summed E-state index contributed by atoms with van der Waals surface area (Å²) in [6.07, 6.45) is 6.97. The fourth-order valence-corrected chi connectivity index (χ4v) is 0.732. The number of terminal acetylenes is 1. The summed E-state index contributed by atoms with van der Waals surface area (Å²) in [7, 11) is 1.60. The van der Waals surface area contributed by atoms with Crippen LogP contribution in [0.25, 0.3) is 0 Å². The lowest BCUT2D eigenvalue weighted by Crippen LogP contribution is -2.26.